The maximum Gasteiger partial charge on any atom is 0.407 e. The van der Waals surface area contributed by atoms with Gasteiger partial charge in [0.05, 0.1) is 48.2 Å². The van der Waals surface area contributed by atoms with E-state index in [1.54, 1.807) is 18.2 Å². The number of hydrogen-bond acceptors (Lipinski definition) is 10. The van der Waals surface area contributed by atoms with Gasteiger partial charge in [0.1, 0.15) is 6.10 Å². The van der Waals surface area contributed by atoms with Crippen LogP contribution in [0.2, 0.25) is 0 Å². The number of rotatable bonds is 16. The average molecular weight is 687 g/mol. The maximum absolute atomic E-state index is 14.2. The molecule has 1 unspecified atom stereocenters. The summed E-state index contributed by atoms with van der Waals surface area (Å²) >= 11 is 0. The Morgan fingerprint density at radius 3 is 2.60 bits per heavy atom. The van der Waals surface area contributed by atoms with E-state index in [0.717, 1.165) is 37.1 Å². The van der Waals surface area contributed by atoms with Crippen LogP contribution in [0.1, 0.15) is 39.7 Å². The molecule has 48 heavy (non-hydrogen) atoms. The summed E-state index contributed by atoms with van der Waals surface area (Å²) in [6.07, 6.45) is -1.81. The van der Waals surface area contributed by atoms with Crippen LogP contribution < -0.4 is 11.1 Å². The van der Waals surface area contributed by atoms with E-state index in [4.69, 9.17) is 19.9 Å². The maximum atomic E-state index is 14.2. The first-order chi connectivity index (χ1) is 23.0. The lowest BCUT2D eigenvalue weighted by Crippen LogP contribution is -2.51. The number of ether oxygens (including phenoxy) is 3. The zero-order valence-electron chi connectivity index (χ0n) is 28.3. The molecule has 2 aromatic carbocycles. The van der Waals surface area contributed by atoms with Crippen LogP contribution in [0.4, 0.5) is 10.6 Å². The van der Waals surface area contributed by atoms with Crippen molar-refractivity contribution >= 4 is 32.8 Å². The monoisotopic (exact) mass is 686 g/mol. The number of sulfonamides is 1. The van der Waals surface area contributed by atoms with Gasteiger partial charge in [0.15, 0.2) is 12.1 Å². The third-order valence-corrected chi connectivity index (χ3v) is 11.0. The lowest BCUT2D eigenvalue weighted by atomic mass is 10.0. The minimum atomic E-state index is -4.09. The van der Waals surface area contributed by atoms with Crippen LogP contribution in [0, 0.1) is 11.8 Å². The molecule has 5 rings (SSSR count). The molecule has 0 saturated carbocycles. The third-order valence-electron chi connectivity index (χ3n) is 9.18. The first-order valence-corrected chi connectivity index (χ1v) is 18.3. The molecule has 1 aromatic heterocycles. The molecule has 0 bridgehead atoms. The molecule has 13 nitrogen and oxygen atoms in total. The van der Waals surface area contributed by atoms with Crippen LogP contribution in [0.5, 0.6) is 0 Å². The van der Waals surface area contributed by atoms with Gasteiger partial charge >= 0.3 is 6.09 Å². The van der Waals surface area contributed by atoms with Crippen LogP contribution in [0.25, 0.3) is 10.9 Å². The molecule has 14 heteroatoms. The van der Waals surface area contributed by atoms with Gasteiger partial charge in [-0.15, -0.1) is 0 Å². The molecule has 3 aromatic rings. The number of aliphatic hydroxyl groups excluding tert-OH is 1. The number of nitrogens with zero attached hydrogens (tertiary/aromatic N) is 4. The summed E-state index contributed by atoms with van der Waals surface area (Å²) in [6, 6.07) is 13.4. The van der Waals surface area contributed by atoms with Crippen molar-refractivity contribution in [2.45, 2.75) is 76.5 Å². The smallest absolute Gasteiger partial charge is 0.407 e. The Bertz CT molecular complexity index is 1610. The van der Waals surface area contributed by atoms with Crippen molar-refractivity contribution in [2.24, 2.45) is 11.8 Å². The van der Waals surface area contributed by atoms with Gasteiger partial charge < -0.3 is 35.3 Å². The van der Waals surface area contributed by atoms with E-state index in [2.05, 4.69) is 29.2 Å². The fourth-order valence-electron chi connectivity index (χ4n) is 6.47. The summed E-state index contributed by atoms with van der Waals surface area (Å²) in [4.78, 5) is 15.5. The Labute approximate surface area is 283 Å². The minimum absolute atomic E-state index is 0.0409. The van der Waals surface area contributed by atoms with Crippen LogP contribution in [-0.4, -0.2) is 109 Å². The number of carbonyl (C=O) groups excluding carboxylic acids is 1. The van der Waals surface area contributed by atoms with E-state index in [-0.39, 0.29) is 55.0 Å². The number of nitrogens with one attached hydrogen (secondary N) is 1. The van der Waals surface area contributed by atoms with Crippen molar-refractivity contribution in [1.82, 2.24) is 24.3 Å². The topological polar surface area (TPSA) is 161 Å². The Morgan fingerprint density at radius 1 is 1.15 bits per heavy atom. The number of aromatic nitrogens is 2. The Hall–Kier alpha value is -3.27. The Balaban J connectivity index is 1.35. The molecule has 2 saturated heterocycles. The molecule has 2 aliphatic rings. The quantitative estimate of drug-likeness (QED) is 0.204. The molecule has 2 aliphatic heterocycles. The highest BCUT2D eigenvalue weighted by Gasteiger charge is 2.44. The molecular weight excluding hydrogens is 636 g/mol. The number of nitrogens with two attached hydrogens (primary N) is 1. The number of amides is 1. The van der Waals surface area contributed by atoms with Gasteiger partial charge in [0, 0.05) is 25.0 Å². The second kappa shape index (κ2) is 16.0. The highest BCUT2D eigenvalue weighted by Crippen LogP contribution is 2.33. The molecule has 5 atom stereocenters. The normalized spacial score (nSPS) is 20.9. The molecule has 3 heterocycles. The average Bonchev–Trinajstić information content (AvgIpc) is 3.77. The molecule has 0 radical (unpaired) electrons. The van der Waals surface area contributed by atoms with Gasteiger partial charge in [0.2, 0.25) is 10.0 Å². The number of alkyl carbamates (subject to hydrolysis) is 1. The van der Waals surface area contributed by atoms with Crippen molar-refractivity contribution in [3.05, 3.63) is 54.1 Å². The van der Waals surface area contributed by atoms with Gasteiger partial charge in [-0.25, -0.2) is 13.2 Å². The third kappa shape index (κ3) is 8.47. The number of anilines is 1. The number of hydrogen-bond donors (Lipinski definition) is 3. The van der Waals surface area contributed by atoms with Crippen LogP contribution in [-0.2, 0) is 37.2 Å². The summed E-state index contributed by atoms with van der Waals surface area (Å²) in [6.45, 7) is 12.0. The summed E-state index contributed by atoms with van der Waals surface area (Å²) in [5, 5.41) is 19.5. The number of likely N-dealkylation sites (N-methyl/N-ethyl adjacent to an activating group) is 1. The van der Waals surface area contributed by atoms with Crippen LogP contribution in [0.3, 0.4) is 0 Å². The molecule has 0 spiro atoms. The number of nitrogen functional groups attached to an aromatic ring is 1. The van der Waals surface area contributed by atoms with Gasteiger partial charge in [-0.05, 0) is 55.6 Å². The SMILES string of the molecule is CCN(CC)CCn1nc(N)c2cc(S(=O)(=O)N(CC(C)C)C[C@@H](O)[C@H](Cc3ccccc3)NC(=O)OC3CO[C@H]4OCC[C@@H]34)ccc21. The van der Waals surface area contributed by atoms with E-state index in [9.17, 15) is 18.3 Å². The zero-order valence-corrected chi connectivity index (χ0v) is 29.1. The zero-order chi connectivity index (χ0) is 34.4. The minimum Gasteiger partial charge on any atom is -0.443 e. The van der Waals surface area contributed by atoms with E-state index in [1.807, 2.05) is 48.9 Å². The van der Waals surface area contributed by atoms with Crippen molar-refractivity contribution in [1.29, 1.82) is 0 Å². The molecule has 264 valence electrons. The number of carbonyl (C=O) groups is 1. The van der Waals surface area contributed by atoms with Gasteiger partial charge in [-0.3, -0.25) is 4.68 Å². The van der Waals surface area contributed by atoms with Gasteiger partial charge in [0.25, 0.3) is 0 Å². The molecular formula is C34H50N6O7S. The van der Waals surface area contributed by atoms with E-state index in [0.29, 0.717) is 18.5 Å². The van der Waals surface area contributed by atoms with Crippen molar-refractivity contribution in [3.63, 3.8) is 0 Å². The van der Waals surface area contributed by atoms with Crippen molar-refractivity contribution in [2.75, 3.05) is 51.7 Å². The largest absolute Gasteiger partial charge is 0.443 e. The summed E-state index contributed by atoms with van der Waals surface area (Å²) < 4.78 is 48.4. The first-order valence-electron chi connectivity index (χ1n) is 16.9. The van der Waals surface area contributed by atoms with E-state index >= 15 is 0 Å². The van der Waals surface area contributed by atoms with Crippen LogP contribution >= 0.6 is 0 Å². The number of aliphatic hydroxyl groups is 1. The van der Waals surface area contributed by atoms with Gasteiger partial charge in [-0.2, -0.15) is 9.40 Å². The molecule has 4 N–H and O–H groups in total. The molecule has 2 fully saturated rings. The standard InChI is InChI=1S/C34H50N6O7S/c1-5-38(6-2)15-16-40-29-13-12-25(19-27(29)32(35)37-40)48(43,44)39(20-23(3)4)21-30(41)28(18-24-10-8-7-9-11-24)36-34(42)47-31-22-46-33-26(31)14-17-45-33/h7-13,19,23,26,28,30-31,33,41H,5-6,14-18,20-22H2,1-4H3,(H2,35,37)(H,36,42)/t26-,28-,30+,31?,33+/m0/s1. The van der Waals surface area contributed by atoms with Crippen molar-refractivity contribution in [3.8, 4) is 0 Å². The predicted octanol–water partition coefficient (Wildman–Crippen LogP) is 3.07. The summed E-state index contributed by atoms with van der Waals surface area (Å²) in [5.74, 6) is 0.171. The number of fused-ring (bicyclic) bond motifs is 2. The predicted molar refractivity (Wildman–Crippen MR) is 183 cm³/mol. The lowest BCUT2D eigenvalue weighted by Gasteiger charge is -2.31. The lowest BCUT2D eigenvalue weighted by molar-refractivity contribution is -0.0907. The first kappa shape index (κ1) is 36.0. The molecule has 1 amide bonds. The Morgan fingerprint density at radius 2 is 1.90 bits per heavy atom. The Kier molecular flexibility index (Phi) is 12.0. The van der Waals surface area contributed by atoms with Crippen LogP contribution in [0.15, 0.2) is 53.4 Å². The fourth-order valence-corrected chi connectivity index (χ4v) is 8.12. The second-order valence-electron chi connectivity index (χ2n) is 13.0. The highest BCUT2D eigenvalue weighted by atomic mass is 32.2. The summed E-state index contributed by atoms with van der Waals surface area (Å²) in [5.41, 5.74) is 7.90. The van der Waals surface area contributed by atoms with Gasteiger partial charge in [-0.1, -0.05) is 58.0 Å². The molecule has 0 aliphatic carbocycles. The van der Waals surface area contributed by atoms with E-state index in [1.165, 1.54) is 4.31 Å². The second-order valence-corrected chi connectivity index (χ2v) is 14.9. The summed E-state index contributed by atoms with van der Waals surface area (Å²) in [7, 11) is -4.09. The highest BCUT2D eigenvalue weighted by molar-refractivity contribution is 7.89. The van der Waals surface area contributed by atoms with E-state index < -0.39 is 34.4 Å². The fraction of sp³-hybridized carbons (Fsp3) is 0.588. The van der Waals surface area contributed by atoms with Crippen molar-refractivity contribution < 1.29 is 32.5 Å². The number of benzene rings is 2.